The van der Waals surface area contributed by atoms with Gasteiger partial charge in [-0.1, -0.05) is 123 Å². The molecule has 5 aliphatic carbocycles. The van der Waals surface area contributed by atoms with Crippen molar-refractivity contribution in [3.63, 3.8) is 0 Å². The maximum atomic E-state index is 2.71. The van der Waals surface area contributed by atoms with E-state index in [2.05, 4.69) is 183 Å². The Bertz CT molecular complexity index is 2950. The van der Waals surface area contributed by atoms with E-state index in [1.165, 1.54) is 127 Å². The molecule has 7 aromatic rings. The summed E-state index contributed by atoms with van der Waals surface area (Å²) < 4.78 is 0. The molecule has 2 heterocycles. The van der Waals surface area contributed by atoms with E-state index in [0.717, 1.165) is 0 Å². The zero-order valence-corrected chi connectivity index (χ0v) is 35.1. The predicted octanol–water partition coefficient (Wildman–Crippen LogP) is 13.4. The van der Waals surface area contributed by atoms with Crippen LogP contribution in [-0.4, -0.2) is 6.71 Å². The minimum Gasteiger partial charge on any atom is -0.311 e. The van der Waals surface area contributed by atoms with Crippen molar-refractivity contribution < 1.29 is 0 Å². The van der Waals surface area contributed by atoms with Crippen LogP contribution in [0.2, 0.25) is 0 Å². The van der Waals surface area contributed by atoms with Gasteiger partial charge in [0.2, 0.25) is 0 Å². The number of nitrogens with zero attached hydrogens (tertiary/aromatic N) is 2. The summed E-state index contributed by atoms with van der Waals surface area (Å²) in [4.78, 5) is 5.31. The molecule has 2 saturated carbocycles. The number of benzene rings is 7. The van der Waals surface area contributed by atoms with Crippen LogP contribution < -0.4 is 26.2 Å². The average molecular weight is 773 g/mol. The third-order valence-electron chi connectivity index (χ3n) is 15.3. The molecule has 2 nitrogen and oxygen atoms in total. The number of anilines is 6. The molecule has 1 unspecified atom stereocenters. The molecular weight excluding hydrogens is 723 g/mol. The van der Waals surface area contributed by atoms with E-state index in [1.807, 2.05) is 0 Å². The molecule has 3 heteroatoms. The van der Waals surface area contributed by atoms with Crippen LogP contribution in [0.1, 0.15) is 105 Å². The Balaban J connectivity index is 1.10. The fourth-order valence-electron chi connectivity index (χ4n) is 12.1. The number of allylic oxidation sites excluding steroid dienone is 2. The van der Waals surface area contributed by atoms with Crippen molar-refractivity contribution in [3.8, 4) is 22.3 Å². The second kappa shape index (κ2) is 12.5. The van der Waals surface area contributed by atoms with Crippen LogP contribution in [0.5, 0.6) is 0 Å². The van der Waals surface area contributed by atoms with Gasteiger partial charge >= 0.3 is 0 Å². The van der Waals surface area contributed by atoms with E-state index in [4.69, 9.17) is 0 Å². The average Bonchev–Trinajstić information content (AvgIpc) is 4.05. The SMILES string of the molecule is CC1=C2CC2c2cc3c(cc21)B1c2cc4c(cc2N(c2ccc(-c5ccccc5)cc2)c2cc(C(C)(C)C)cc(c21)N3c1ccc(-c2ccccc2)cc1)C1CCC4CC1. The summed E-state index contributed by atoms with van der Waals surface area (Å²) in [6.07, 6.45) is 6.52. The third kappa shape index (κ3) is 5.02. The summed E-state index contributed by atoms with van der Waals surface area (Å²) in [5.41, 5.74) is 27.9. The maximum absolute atomic E-state index is 2.71. The van der Waals surface area contributed by atoms with E-state index in [0.29, 0.717) is 17.8 Å². The number of rotatable bonds is 4. The molecule has 0 amide bonds. The highest BCUT2D eigenvalue weighted by atomic mass is 15.2. The van der Waals surface area contributed by atoms with Gasteiger partial charge in [0.1, 0.15) is 0 Å². The Morgan fingerprint density at radius 2 is 0.967 bits per heavy atom. The van der Waals surface area contributed by atoms with E-state index in [-0.39, 0.29) is 12.1 Å². The van der Waals surface area contributed by atoms with E-state index in [9.17, 15) is 0 Å². The summed E-state index contributed by atoms with van der Waals surface area (Å²) in [5.74, 6) is 1.91. The molecule has 7 aliphatic rings. The van der Waals surface area contributed by atoms with Gasteiger partial charge < -0.3 is 9.80 Å². The first-order chi connectivity index (χ1) is 29.3. The number of hydrogen-bond acceptors (Lipinski definition) is 2. The van der Waals surface area contributed by atoms with Crippen LogP contribution in [-0.2, 0) is 5.41 Å². The van der Waals surface area contributed by atoms with Crippen LogP contribution in [0, 0.1) is 0 Å². The molecule has 7 aromatic carbocycles. The minimum absolute atomic E-state index is 0.0653. The maximum Gasteiger partial charge on any atom is 0.252 e. The van der Waals surface area contributed by atoms with Gasteiger partial charge in [0.05, 0.1) is 0 Å². The van der Waals surface area contributed by atoms with Crippen LogP contribution in [0.15, 0.2) is 151 Å². The zero-order chi connectivity index (χ0) is 40.0. The van der Waals surface area contributed by atoms with Gasteiger partial charge in [0.25, 0.3) is 6.71 Å². The largest absolute Gasteiger partial charge is 0.311 e. The summed E-state index contributed by atoms with van der Waals surface area (Å²) in [5, 5.41) is 0. The predicted molar refractivity (Wildman–Crippen MR) is 254 cm³/mol. The van der Waals surface area contributed by atoms with Gasteiger partial charge in [-0.15, -0.1) is 0 Å². The lowest BCUT2D eigenvalue weighted by molar-refractivity contribution is 0.359. The second-order valence-electron chi connectivity index (χ2n) is 19.6. The Kier molecular flexibility index (Phi) is 7.24. The van der Waals surface area contributed by atoms with Crippen LogP contribution in [0.3, 0.4) is 0 Å². The van der Waals surface area contributed by atoms with Crippen LogP contribution >= 0.6 is 0 Å². The molecule has 60 heavy (non-hydrogen) atoms. The molecule has 2 aliphatic heterocycles. The Morgan fingerprint density at radius 3 is 1.48 bits per heavy atom. The first-order valence-electron chi connectivity index (χ1n) is 22.4. The van der Waals surface area contributed by atoms with Crippen molar-refractivity contribution in [2.24, 2.45) is 0 Å². The summed E-state index contributed by atoms with van der Waals surface area (Å²) >= 11 is 0. The lowest BCUT2D eigenvalue weighted by Gasteiger charge is -2.47. The fraction of sp³-hybridized carbons (Fsp3) is 0.228. The Hall–Kier alpha value is -6.06. The lowest BCUT2D eigenvalue weighted by Crippen LogP contribution is -2.62. The molecule has 0 spiro atoms. The molecule has 1 atom stereocenters. The van der Waals surface area contributed by atoms with Crippen LogP contribution in [0.4, 0.5) is 34.1 Å². The van der Waals surface area contributed by atoms with Gasteiger partial charge in [-0.3, -0.25) is 0 Å². The van der Waals surface area contributed by atoms with E-state index in [1.54, 1.807) is 16.7 Å². The van der Waals surface area contributed by atoms with Gasteiger partial charge in [-0.2, -0.15) is 0 Å². The van der Waals surface area contributed by atoms with Gasteiger partial charge in [0, 0.05) is 40.0 Å². The van der Waals surface area contributed by atoms with E-state index < -0.39 is 0 Å². The first-order valence-corrected chi connectivity index (χ1v) is 22.4. The van der Waals surface area contributed by atoms with Crippen LogP contribution in [0.25, 0.3) is 27.8 Å². The first kappa shape index (κ1) is 34.8. The molecule has 14 rings (SSSR count). The van der Waals surface area contributed by atoms with Crippen molar-refractivity contribution in [2.75, 3.05) is 9.80 Å². The van der Waals surface area contributed by atoms with Gasteiger partial charge in [-0.25, -0.2) is 0 Å². The van der Waals surface area contributed by atoms with Crippen molar-refractivity contribution in [3.05, 3.63) is 179 Å². The monoisotopic (exact) mass is 772 g/mol. The molecule has 0 N–H and O–H groups in total. The standard InChI is InChI=1S/C57H49BN2/c1-34-44-29-48(44)49-33-53-50(30-45(34)49)58-51-31-46-39-15-17-40(18-16-39)47(46)32-52(51)59(42-23-19-37(20-24-42)35-11-7-5-8-12-35)54-27-41(57(2,3)4)28-55(56(54)58)60(53)43-25-21-38(22-26-43)36-13-9-6-10-14-36/h5-14,19-28,30-33,39-40,48H,15-18,29H2,1-4H3. The van der Waals surface area contributed by atoms with Crippen molar-refractivity contribution in [2.45, 2.75) is 83.0 Å². The molecule has 0 aromatic heterocycles. The normalized spacial score (nSPS) is 20.0. The molecule has 2 bridgehead atoms. The summed E-state index contributed by atoms with van der Waals surface area (Å²) in [6, 6.07) is 56.2. The lowest BCUT2D eigenvalue weighted by atomic mass is 9.33. The smallest absolute Gasteiger partial charge is 0.252 e. The van der Waals surface area contributed by atoms with Gasteiger partial charge in [-0.05, 0) is 177 Å². The van der Waals surface area contributed by atoms with Crippen molar-refractivity contribution >= 4 is 62.8 Å². The minimum atomic E-state index is -0.0653. The summed E-state index contributed by atoms with van der Waals surface area (Å²) in [6.45, 7) is 9.66. The van der Waals surface area contributed by atoms with Gasteiger partial charge in [0.15, 0.2) is 0 Å². The highest BCUT2D eigenvalue weighted by Crippen LogP contribution is 2.60. The highest BCUT2D eigenvalue weighted by Gasteiger charge is 2.48. The Morgan fingerprint density at radius 1 is 0.500 bits per heavy atom. The molecule has 0 radical (unpaired) electrons. The topological polar surface area (TPSA) is 6.48 Å². The highest BCUT2D eigenvalue weighted by molar-refractivity contribution is 7.00. The molecule has 290 valence electrons. The number of fused-ring (bicyclic) bond motifs is 9. The molecule has 0 saturated heterocycles. The zero-order valence-electron chi connectivity index (χ0n) is 35.1. The third-order valence-corrected chi connectivity index (χ3v) is 15.3. The van der Waals surface area contributed by atoms with Crippen molar-refractivity contribution in [1.82, 2.24) is 0 Å². The van der Waals surface area contributed by atoms with Crippen molar-refractivity contribution in [1.29, 1.82) is 0 Å². The quantitative estimate of drug-likeness (QED) is 0.164. The van der Waals surface area contributed by atoms with E-state index >= 15 is 0 Å². The molecule has 2 fully saturated rings. The number of hydrogen-bond donors (Lipinski definition) is 0. The molecular formula is C57H49BN2. The Labute approximate surface area is 355 Å². The fourth-order valence-corrected chi connectivity index (χ4v) is 12.1. The second-order valence-corrected chi connectivity index (χ2v) is 19.6. The summed E-state index contributed by atoms with van der Waals surface area (Å²) in [7, 11) is 0.